The van der Waals surface area contributed by atoms with Crippen molar-refractivity contribution >= 4 is 27.5 Å². The predicted octanol–water partition coefficient (Wildman–Crippen LogP) is 0.920. The summed E-state index contributed by atoms with van der Waals surface area (Å²) in [6, 6.07) is 6.74. The number of benzene rings is 1. The molecule has 3 rings (SSSR count). The molecule has 0 saturated carbocycles. The second kappa shape index (κ2) is 6.74. The van der Waals surface area contributed by atoms with Crippen molar-refractivity contribution in [1.82, 2.24) is 9.80 Å². The first kappa shape index (κ1) is 16.7. The summed E-state index contributed by atoms with van der Waals surface area (Å²) in [4.78, 5) is 15.9. The number of piperazine rings is 1. The lowest BCUT2D eigenvalue weighted by Gasteiger charge is -2.34. The molecule has 2 aliphatic heterocycles. The number of fused-ring (bicyclic) bond motifs is 1. The molecule has 1 fully saturated rings. The monoisotopic (exact) mass is 348 g/mol. The van der Waals surface area contributed by atoms with E-state index in [1.807, 2.05) is 6.92 Å². The van der Waals surface area contributed by atoms with Gasteiger partial charge in [0, 0.05) is 26.2 Å². The van der Waals surface area contributed by atoms with Gasteiger partial charge in [0.1, 0.15) is 10.7 Å². The fourth-order valence-electron chi connectivity index (χ4n) is 2.82. The highest BCUT2D eigenvalue weighted by molar-refractivity contribution is 7.90. The van der Waals surface area contributed by atoms with Gasteiger partial charge in [0.25, 0.3) is 10.0 Å². The van der Waals surface area contributed by atoms with Gasteiger partial charge < -0.3 is 10.2 Å². The van der Waals surface area contributed by atoms with E-state index in [4.69, 9.17) is 0 Å². The number of allylic oxidation sites excluding steroid dienone is 1. The minimum absolute atomic E-state index is 0.0155. The van der Waals surface area contributed by atoms with Crippen LogP contribution in [0.5, 0.6) is 0 Å². The number of hydrogen-bond acceptors (Lipinski definition) is 5. The molecule has 128 valence electrons. The number of para-hydroxylation sites is 1. The number of sulfonamides is 1. The van der Waals surface area contributed by atoms with E-state index in [-0.39, 0.29) is 10.8 Å². The molecule has 0 atom stereocenters. The zero-order valence-corrected chi connectivity index (χ0v) is 14.3. The molecule has 8 heteroatoms. The summed E-state index contributed by atoms with van der Waals surface area (Å²) in [6.45, 7) is 4.86. The van der Waals surface area contributed by atoms with Crippen molar-refractivity contribution in [2.45, 2.75) is 11.8 Å². The zero-order valence-electron chi connectivity index (χ0n) is 13.5. The molecule has 1 amide bonds. The van der Waals surface area contributed by atoms with Crippen LogP contribution in [0.4, 0.5) is 5.69 Å². The minimum atomic E-state index is -3.65. The first-order valence-corrected chi connectivity index (χ1v) is 9.27. The molecule has 0 bridgehead atoms. The van der Waals surface area contributed by atoms with E-state index in [0.29, 0.717) is 44.2 Å². The van der Waals surface area contributed by atoms with E-state index >= 15 is 0 Å². The summed E-state index contributed by atoms with van der Waals surface area (Å²) >= 11 is 0. The Morgan fingerprint density at radius 2 is 1.96 bits per heavy atom. The third-order valence-corrected chi connectivity index (χ3v) is 5.41. The lowest BCUT2D eigenvalue weighted by molar-refractivity contribution is -0.127. The predicted molar refractivity (Wildman–Crippen MR) is 92.5 cm³/mol. The maximum Gasteiger partial charge on any atom is 0.286 e. The third-order valence-electron chi connectivity index (χ3n) is 4.04. The Balaban J connectivity index is 1.64. The lowest BCUT2D eigenvalue weighted by atomic mass is 10.2. The van der Waals surface area contributed by atoms with Crippen molar-refractivity contribution in [3.05, 3.63) is 36.4 Å². The van der Waals surface area contributed by atoms with Gasteiger partial charge >= 0.3 is 0 Å². The number of nitrogens with one attached hydrogen (secondary N) is 1. The van der Waals surface area contributed by atoms with Gasteiger partial charge in [0.05, 0.1) is 12.2 Å². The normalized spacial score (nSPS) is 20.4. The van der Waals surface area contributed by atoms with Gasteiger partial charge in [0.2, 0.25) is 5.91 Å². The molecule has 1 saturated heterocycles. The quantitative estimate of drug-likeness (QED) is 0.822. The Morgan fingerprint density at radius 3 is 2.67 bits per heavy atom. The van der Waals surface area contributed by atoms with E-state index in [2.05, 4.69) is 14.6 Å². The van der Waals surface area contributed by atoms with Gasteiger partial charge in [-0.25, -0.2) is 0 Å². The summed E-state index contributed by atoms with van der Waals surface area (Å²) < 4.78 is 28.3. The van der Waals surface area contributed by atoms with Crippen LogP contribution in [0.15, 0.2) is 45.7 Å². The second-order valence-corrected chi connectivity index (χ2v) is 7.31. The lowest BCUT2D eigenvalue weighted by Crippen LogP contribution is -2.50. The van der Waals surface area contributed by atoms with Crippen LogP contribution in [0.2, 0.25) is 0 Å². The fraction of sp³-hybridized carbons (Fsp3) is 0.375. The van der Waals surface area contributed by atoms with E-state index in [1.165, 1.54) is 0 Å². The van der Waals surface area contributed by atoms with Gasteiger partial charge in [-0.1, -0.05) is 18.2 Å². The maximum atomic E-state index is 12.2. The Morgan fingerprint density at radius 1 is 1.25 bits per heavy atom. The van der Waals surface area contributed by atoms with Crippen LogP contribution in [0, 0.1) is 0 Å². The topological polar surface area (TPSA) is 82.1 Å². The Labute approximate surface area is 141 Å². The molecule has 2 aliphatic rings. The third kappa shape index (κ3) is 3.49. The van der Waals surface area contributed by atoms with Crippen LogP contribution in [0.25, 0.3) is 0 Å². The first-order valence-electron chi connectivity index (χ1n) is 7.83. The molecule has 0 unspecified atom stereocenters. The summed E-state index contributed by atoms with van der Waals surface area (Å²) in [7, 11) is -3.65. The maximum absolute atomic E-state index is 12.2. The molecule has 7 nitrogen and oxygen atoms in total. The Kier molecular flexibility index (Phi) is 4.68. The van der Waals surface area contributed by atoms with E-state index in [9.17, 15) is 13.2 Å². The van der Waals surface area contributed by atoms with Crippen molar-refractivity contribution < 1.29 is 13.2 Å². The molecule has 0 radical (unpaired) electrons. The number of anilines is 1. The average molecular weight is 348 g/mol. The summed E-state index contributed by atoms with van der Waals surface area (Å²) in [6.07, 6.45) is 3.30. The van der Waals surface area contributed by atoms with Crippen molar-refractivity contribution in [3.8, 4) is 0 Å². The molecule has 0 spiro atoms. The molecule has 0 aromatic heterocycles. The molecule has 24 heavy (non-hydrogen) atoms. The fourth-order valence-corrected chi connectivity index (χ4v) is 3.96. The second-order valence-electron chi connectivity index (χ2n) is 5.74. The minimum Gasteiger partial charge on any atom is -0.341 e. The first-order chi connectivity index (χ1) is 11.5. The van der Waals surface area contributed by atoms with Gasteiger partial charge in [-0.15, -0.1) is 4.40 Å². The highest BCUT2D eigenvalue weighted by Gasteiger charge is 2.26. The van der Waals surface area contributed by atoms with Crippen LogP contribution < -0.4 is 5.32 Å². The summed E-state index contributed by atoms with van der Waals surface area (Å²) in [5.74, 6) is 0.434. The van der Waals surface area contributed by atoms with Crippen LogP contribution in [-0.2, 0) is 14.8 Å². The number of rotatable bonds is 3. The molecule has 1 N–H and O–H groups in total. The number of hydrogen-bond donors (Lipinski definition) is 1. The van der Waals surface area contributed by atoms with Crippen LogP contribution >= 0.6 is 0 Å². The number of amides is 1. The number of nitrogens with zero attached hydrogens (tertiary/aromatic N) is 3. The molecule has 2 heterocycles. The van der Waals surface area contributed by atoms with Crippen molar-refractivity contribution in [3.63, 3.8) is 0 Å². The van der Waals surface area contributed by atoms with Crippen LogP contribution in [0.1, 0.15) is 6.92 Å². The smallest absolute Gasteiger partial charge is 0.286 e. The van der Waals surface area contributed by atoms with Gasteiger partial charge in [0.15, 0.2) is 0 Å². The van der Waals surface area contributed by atoms with Gasteiger partial charge in [-0.2, -0.15) is 8.42 Å². The largest absolute Gasteiger partial charge is 0.341 e. The van der Waals surface area contributed by atoms with Crippen molar-refractivity contribution in [2.75, 3.05) is 38.0 Å². The Hall–Kier alpha value is -2.19. The zero-order chi connectivity index (χ0) is 17.2. The molecule has 0 aliphatic carbocycles. The van der Waals surface area contributed by atoms with Gasteiger partial charge in [-0.05, 0) is 25.1 Å². The summed E-state index contributed by atoms with van der Waals surface area (Å²) in [5, 5.41) is 3.09. The molecule has 1 aromatic carbocycles. The number of carbonyl (C=O) groups is 1. The van der Waals surface area contributed by atoms with Crippen molar-refractivity contribution in [2.24, 2.45) is 4.40 Å². The molecule has 1 aromatic rings. The average Bonchev–Trinajstić information content (AvgIpc) is 2.55. The van der Waals surface area contributed by atoms with Crippen LogP contribution in [-0.4, -0.2) is 62.7 Å². The van der Waals surface area contributed by atoms with E-state index in [0.717, 1.165) is 0 Å². The SMILES string of the molecule is C/C=C/C(=O)N1CCN(CC2=NS(=O)(=O)c3ccccc3N2)CC1. The number of carbonyl (C=O) groups excluding carboxylic acids is 1. The van der Waals surface area contributed by atoms with E-state index in [1.54, 1.807) is 41.3 Å². The number of amidine groups is 1. The molecular formula is C16H20N4O3S. The highest BCUT2D eigenvalue weighted by Crippen LogP contribution is 2.26. The van der Waals surface area contributed by atoms with Crippen LogP contribution in [0.3, 0.4) is 0 Å². The van der Waals surface area contributed by atoms with Crippen molar-refractivity contribution in [1.29, 1.82) is 0 Å². The summed E-state index contributed by atoms with van der Waals surface area (Å²) in [5.41, 5.74) is 0.560. The Bertz CT molecular complexity index is 793. The standard InChI is InChI=1S/C16H20N4O3S/c1-2-5-16(21)20-10-8-19(9-11-20)12-15-17-13-6-3-4-7-14(13)24(22,23)18-15/h2-7H,8-12H2,1H3,(H,17,18)/b5-2+. The molecular weight excluding hydrogens is 328 g/mol. The van der Waals surface area contributed by atoms with E-state index < -0.39 is 10.0 Å². The van der Waals surface area contributed by atoms with Gasteiger partial charge in [-0.3, -0.25) is 9.69 Å². The highest BCUT2D eigenvalue weighted by atomic mass is 32.2.